The Morgan fingerprint density at radius 2 is 2.26 bits per heavy atom. The lowest BCUT2D eigenvalue weighted by molar-refractivity contribution is -0.117. The summed E-state index contributed by atoms with van der Waals surface area (Å²) in [5, 5.41) is 3.50. The molecule has 6 nitrogen and oxygen atoms in total. The van der Waals surface area contributed by atoms with Crippen molar-refractivity contribution < 1.29 is 14.3 Å². The third-order valence-electron chi connectivity index (χ3n) is 3.34. The third-order valence-corrected chi connectivity index (χ3v) is 4.34. The maximum absolute atomic E-state index is 11.7. The molecular weight excluding hydrogens is 266 g/mol. The molecule has 1 saturated carbocycles. The van der Waals surface area contributed by atoms with Gasteiger partial charge in [0, 0.05) is 23.8 Å². The minimum absolute atomic E-state index is 0.0657. The number of amides is 2. The van der Waals surface area contributed by atoms with Crippen LogP contribution in [0.1, 0.15) is 23.4 Å². The summed E-state index contributed by atoms with van der Waals surface area (Å²) in [6.07, 6.45) is 2.35. The second kappa shape index (κ2) is 4.80. The van der Waals surface area contributed by atoms with E-state index in [0.717, 1.165) is 23.4 Å². The van der Waals surface area contributed by atoms with Crippen LogP contribution < -0.4 is 5.32 Å². The predicted molar refractivity (Wildman–Crippen MR) is 70.0 cm³/mol. The first kappa shape index (κ1) is 12.4. The Kier molecular flexibility index (Phi) is 3.14. The van der Waals surface area contributed by atoms with Gasteiger partial charge in [-0.3, -0.25) is 4.79 Å². The highest BCUT2D eigenvalue weighted by molar-refractivity contribution is 7.15. The van der Waals surface area contributed by atoms with E-state index in [9.17, 15) is 9.59 Å². The molecule has 0 saturated heterocycles. The van der Waals surface area contributed by atoms with Crippen LogP contribution in [-0.2, 0) is 22.5 Å². The fourth-order valence-corrected chi connectivity index (χ4v) is 3.11. The number of nitrogens with zero attached hydrogens (tertiary/aromatic N) is 2. The fraction of sp³-hybridized carbons (Fsp3) is 0.583. The zero-order valence-electron chi connectivity index (χ0n) is 10.6. The number of hydrogen-bond donors (Lipinski definition) is 1. The zero-order valence-corrected chi connectivity index (χ0v) is 11.5. The summed E-state index contributed by atoms with van der Waals surface area (Å²) >= 11 is 1.45. The molecule has 0 bridgehead atoms. The van der Waals surface area contributed by atoms with Crippen LogP contribution >= 0.6 is 11.3 Å². The normalized spacial score (nSPS) is 17.8. The number of fused-ring (bicyclic) bond motifs is 1. The van der Waals surface area contributed by atoms with Gasteiger partial charge in [0.1, 0.15) is 0 Å². The predicted octanol–water partition coefficient (Wildman–Crippen LogP) is 1.62. The van der Waals surface area contributed by atoms with Crippen LogP contribution in [0.2, 0.25) is 0 Å². The lowest BCUT2D eigenvalue weighted by Gasteiger charge is -2.24. The molecular formula is C12H15N3O3S. The summed E-state index contributed by atoms with van der Waals surface area (Å²) in [7, 11) is 1.38. The Bertz CT molecular complexity index is 524. The van der Waals surface area contributed by atoms with Crippen molar-refractivity contribution in [2.45, 2.75) is 25.8 Å². The van der Waals surface area contributed by atoms with Crippen molar-refractivity contribution in [2.24, 2.45) is 5.92 Å². The highest BCUT2D eigenvalue weighted by Gasteiger charge is 2.31. The van der Waals surface area contributed by atoms with Crippen LogP contribution in [0.4, 0.5) is 9.93 Å². The molecule has 19 heavy (non-hydrogen) atoms. The molecule has 2 amide bonds. The van der Waals surface area contributed by atoms with Crippen LogP contribution in [-0.4, -0.2) is 35.5 Å². The highest BCUT2D eigenvalue weighted by atomic mass is 32.1. The molecule has 1 aliphatic carbocycles. The van der Waals surface area contributed by atoms with Gasteiger partial charge in [-0.15, -0.1) is 0 Å². The fourth-order valence-electron chi connectivity index (χ4n) is 2.09. The Labute approximate surface area is 114 Å². The highest BCUT2D eigenvalue weighted by Crippen LogP contribution is 2.32. The van der Waals surface area contributed by atoms with Crippen molar-refractivity contribution in [3.63, 3.8) is 0 Å². The quantitative estimate of drug-likeness (QED) is 0.894. The molecule has 0 aromatic carbocycles. The Balaban J connectivity index is 1.69. The molecule has 2 heterocycles. The Morgan fingerprint density at radius 1 is 1.47 bits per heavy atom. The van der Waals surface area contributed by atoms with Crippen molar-refractivity contribution in [2.75, 3.05) is 19.0 Å². The summed E-state index contributed by atoms with van der Waals surface area (Å²) in [6, 6.07) is 0. The first-order chi connectivity index (χ1) is 9.17. The first-order valence-electron chi connectivity index (χ1n) is 6.29. The number of aromatic nitrogens is 1. The van der Waals surface area contributed by atoms with Crippen LogP contribution in [0.25, 0.3) is 0 Å². The van der Waals surface area contributed by atoms with Crippen LogP contribution in [0, 0.1) is 5.92 Å². The number of carbonyl (C=O) groups excluding carboxylic acids is 2. The van der Waals surface area contributed by atoms with E-state index < -0.39 is 0 Å². The molecule has 0 unspecified atom stereocenters. The number of rotatable bonds is 2. The molecule has 0 spiro atoms. The minimum atomic E-state index is -0.317. The van der Waals surface area contributed by atoms with Crippen molar-refractivity contribution in [1.29, 1.82) is 0 Å². The number of nitrogens with one attached hydrogen (secondary N) is 1. The van der Waals surface area contributed by atoms with E-state index in [4.69, 9.17) is 4.74 Å². The van der Waals surface area contributed by atoms with Crippen LogP contribution in [0.5, 0.6) is 0 Å². The average molecular weight is 281 g/mol. The second-order valence-electron chi connectivity index (χ2n) is 4.79. The number of ether oxygens (including phenoxy) is 1. The smallest absolute Gasteiger partial charge is 0.409 e. The van der Waals surface area contributed by atoms with E-state index in [1.54, 1.807) is 4.90 Å². The van der Waals surface area contributed by atoms with Crippen LogP contribution in [0.15, 0.2) is 0 Å². The van der Waals surface area contributed by atoms with Gasteiger partial charge < -0.3 is 15.0 Å². The largest absolute Gasteiger partial charge is 0.453 e. The molecule has 1 fully saturated rings. The summed E-state index contributed by atoms with van der Waals surface area (Å²) in [6.45, 7) is 1.12. The standard InChI is InChI=1S/C12H15N3O3S/c1-18-12(17)15-5-4-8-9(6-15)19-11(13-8)14-10(16)7-2-3-7/h7H,2-6H2,1H3,(H,13,14,16). The van der Waals surface area contributed by atoms with E-state index in [-0.39, 0.29) is 17.9 Å². The van der Waals surface area contributed by atoms with Gasteiger partial charge in [-0.1, -0.05) is 11.3 Å². The van der Waals surface area contributed by atoms with Gasteiger partial charge in [-0.05, 0) is 12.8 Å². The molecule has 2 aliphatic rings. The summed E-state index contributed by atoms with van der Waals surface area (Å²) in [5.74, 6) is 0.239. The molecule has 3 rings (SSSR count). The van der Waals surface area contributed by atoms with Gasteiger partial charge in [0.2, 0.25) is 5.91 Å². The molecule has 0 atom stereocenters. The minimum Gasteiger partial charge on any atom is -0.453 e. The van der Waals surface area contributed by atoms with E-state index in [1.807, 2.05) is 0 Å². The van der Waals surface area contributed by atoms with E-state index in [0.29, 0.717) is 24.6 Å². The van der Waals surface area contributed by atoms with Gasteiger partial charge in [0.05, 0.1) is 19.3 Å². The molecule has 0 radical (unpaired) electrons. The number of hydrogen-bond acceptors (Lipinski definition) is 5. The van der Waals surface area contributed by atoms with Gasteiger partial charge in [-0.2, -0.15) is 0 Å². The number of carbonyl (C=O) groups is 2. The third kappa shape index (κ3) is 2.56. The number of methoxy groups -OCH3 is 1. The van der Waals surface area contributed by atoms with Gasteiger partial charge in [0.15, 0.2) is 5.13 Å². The molecule has 1 aromatic rings. The van der Waals surface area contributed by atoms with Crippen molar-refractivity contribution in [1.82, 2.24) is 9.88 Å². The SMILES string of the molecule is COC(=O)N1CCc2nc(NC(=O)C3CC3)sc2C1. The monoisotopic (exact) mass is 281 g/mol. The van der Waals surface area contributed by atoms with Gasteiger partial charge in [0.25, 0.3) is 0 Å². The lowest BCUT2D eigenvalue weighted by Crippen LogP contribution is -2.35. The Hall–Kier alpha value is -1.63. The first-order valence-corrected chi connectivity index (χ1v) is 7.11. The van der Waals surface area contributed by atoms with Crippen molar-refractivity contribution in [3.8, 4) is 0 Å². The molecule has 1 aliphatic heterocycles. The van der Waals surface area contributed by atoms with Crippen molar-refractivity contribution >= 4 is 28.5 Å². The summed E-state index contributed by atoms with van der Waals surface area (Å²) in [4.78, 5) is 30.3. The number of anilines is 1. The number of thiazole rings is 1. The average Bonchev–Trinajstić information content (AvgIpc) is 3.18. The lowest BCUT2D eigenvalue weighted by atomic mass is 10.2. The van der Waals surface area contributed by atoms with Gasteiger partial charge >= 0.3 is 6.09 Å². The van der Waals surface area contributed by atoms with Crippen molar-refractivity contribution in [3.05, 3.63) is 10.6 Å². The van der Waals surface area contributed by atoms with E-state index >= 15 is 0 Å². The summed E-state index contributed by atoms with van der Waals surface area (Å²) in [5.41, 5.74) is 0.983. The maximum Gasteiger partial charge on any atom is 0.409 e. The zero-order chi connectivity index (χ0) is 13.4. The van der Waals surface area contributed by atoms with E-state index in [1.165, 1.54) is 18.4 Å². The topological polar surface area (TPSA) is 71.5 Å². The van der Waals surface area contributed by atoms with E-state index in [2.05, 4.69) is 10.3 Å². The maximum atomic E-state index is 11.7. The van der Waals surface area contributed by atoms with Gasteiger partial charge in [-0.25, -0.2) is 9.78 Å². The van der Waals surface area contributed by atoms with Crippen LogP contribution in [0.3, 0.4) is 0 Å². The molecule has 7 heteroatoms. The molecule has 1 N–H and O–H groups in total. The molecule has 102 valence electrons. The summed E-state index contributed by atoms with van der Waals surface area (Å²) < 4.78 is 4.72. The Morgan fingerprint density at radius 3 is 2.95 bits per heavy atom. The molecule has 1 aromatic heterocycles. The second-order valence-corrected chi connectivity index (χ2v) is 5.88.